The topological polar surface area (TPSA) is 106 Å². The molecule has 0 aromatic carbocycles. The summed E-state index contributed by atoms with van der Waals surface area (Å²) in [7, 11) is -2.43. The van der Waals surface area contributed by atoms with Crippen molar-refractivity contribution < 1.29 is 27.9 Å². The summed E-state index contributed by atoms with van der Waals surface area (Å²) in [6, 6.07) is 0.154. The third-order valence-electron chi connectivity index (χ3n) is 3.56. The molecular weight excluding hydrogens is 312 g/mol. The number of carbonyl (C=O) groups is 2. The molecule has 0 saturated carbocycles. The van der Waals surface area contributed by atoms with Crippen molar-refractivity contribution >= 4 is 22.0 Å². The normalized spacial score (nSPS) is 19.3. The SMILES string of the molecule is CCOC(=O)c1cc(S(=O)(=O)N2CCCC2C(=O)O)cn1C. The molecule has 0 bridgehead atoms. The first-order chi connectivity index (χ1) is 10.3. The number of rotatable bonds is 5. The maximum atomic E-state index is 12.6. The van der Waals surface area contributed by atoms with E-state index in [4.69, 9.17) is 9.84 Å². The molecule has 1 aliphatic heterocycles. The minimum Gasteiger partial charge on any atom is -0.480 e. The number of aliphatic carboxylic acids is 1. The van der Waals surface area contributed by atoms with E-state index in [1.165, 1.54) is 23.9 Å². The van der Waals surface area contributed by atoms with Crippen molar-refractivity contribution in [2.45, 2.75) is 30.7 Å². The van der Waals surface area contributed by atoms with Gasteiger partial charge in [-0.2, -0.15) is 4.31 Å². The Morgan fingerprint density at radius 2 is 2.14 bits per heavy atom. The molecule has 1 saturated heterocycles. The lowest BCUT2D eigenvalue weighted by Crippen LogP contribution is -2.40. The second kappa shape index (κ2) is 6.09. The van der Waals surface area contributed by atoms with Gasteiger partial charge < -0.3 is 14.4 Å². The molecule has 122 valence electrons. The van der Waals surface area contributed by atoms with E-state index in [0.29, 0.717) is 6.42 Å². The number of hydrogen-bond acceptors (Lipinski definition) is 5. The van der Waals surface area contributed by atoms with Crippen LogP contribution in [0.5, 0.6) is 0 Å². The van der Waals surface area contributed by atoms with E-state index < -0.39 is 28.0 Å². The van der Waals surface area contributed by atoms with Gasteiger partial charge in [0.15, 0.2) is 0 Å². The van der Waals surface area contributed by atoms with E-state index in [0.717, 1.165) is 4.31 Å². The van der Waals surface area contributed by atoms with Gasteiger partial charge in [0.25, 0.3) is 0 Å². The minimum absolute atomic E-state index is 0.103. The summed E-state index contributed by atoms with van der Waals surface area (Å²) in [6.07, 6.45) is 2.07. The van der Waals surface area contributed by atoms with Gasteiger partial charge in [0.2, 0.25) is 10.0 Å². The highest BCUT2D eigenvalue weighted by Gasteiger charge is 2.40. The molecule has 1 atom stereocenters. The van der Waals surface area contributed by atoms with Crippen molar-refractivity contribution in [3.8, 4) is 0 Å². The Labute approximate surface area is 128 Å². The number of carbonyl (C=O) groups excluding carboxylic acids is 1. The van der Waals surface area contributed by atoms with E-state index >= 15 is 0 Å². The lowest BCUT2D eigenvalue weighted by molar-refractivity contribution is -0.140. The Morgan fingerprint density at radius 1 is 1.45 bits per heavy atom. The van der Waals surface area contributed by atoms with Crippen LogP contribution in [0, 0.1) is 0 Å². The predicted molar refractivity (Wildman–Crippen MR) is 75.9 cm³/mol. The van der Waals surface area contributed by atoms with Crippen molar-refractivity contribution in [3.05, 3.63) is 18.0 Å². The summed E-state index contributed by atoms with van der Waals surface area (Å²) < 4.78 is 32.4. The third kappa shape index (κ3) is 2.86. The highest BCUT2D eigenvalue weighted by Crippen LogP contribution is 2.27. The number of sulfonamides is 1. The van der Waals surface area contributed by atoms with Crippen molar-refractivity contribution in [2.24, 2.45) is 7.05 Å². The van der Waals surface area contributed by atoms with Crippen LogP contribution in [0.25, 0.3) is 0 Å². The van der Waals surface area contributed by atoms with Crippen LogP contribution in [0.4, 0.5) is 0 Å². The van der Waals surface area contributed by atoms with Gasteiger partial charge in [0.1, 0.15) is 16.6 Å². The Balaban J connectivity index is 2.36. The molecule has 0 spiro atoms. The van der Waals surface area contributed by atoms with Crippen LogP contribution in [0.3, 0.4) is 0 Å². The Hall–Kier alpha value is -1.87. The van der Waals surface area contributed by atoms with Crippen molar-refractivity contribution in [3.63, 3.8) is 0 Å². The monoisotopic (exact) mass is 330 g/mol. The molecule has 1 fully saturated rings. The summed E-state index contributed by atoms with van der Waals surface area (Å²) in [5, 5.41) is 9.13. The predicted octanol–water partition coefficient (Wildman–Crippen LogP) is 0.439. The molecule has 2 rings (SSSR count). The molecule has 2 heterocycles. The van der Waals surface area contributed by atoms with E-state index in [1.807, 2.05) is 0 Å². The van der Waals surface area contributed by atoms with Gasteiger partial charge in [-0.05, 0) is 25.8 Å². The van der Waals surface area contributed by atoms with Gasteiger partial charge in [-0.1, -0.05) is 0 Å². The quantitative estimate of drug-likeness (QED) is 0.785. The number of ether oxygens (including phenoxy) is 1. The highest BCUT2D eigenvalue weighted by atomic mass is 32.2. The van der Waals surface area contributed by atoms with Crippen LogP contribution in [-0.2, 0) is 26.6 Å². The van der Waals surface area contributed by atoms with Crippen LogP contribution in [-0.4, -0.2) is 53.5 Å². The smallest absolute Gasteiger partial charge is 0.354 e. The molecular formula is C13H18N2O6S. The third-order valence-corrected chi connectivity index (χ3v) is 5.43. The molecule has 9 heteroatoms. The summed E-state index contributed by atoms with van der Waals surface area (Å²) >= 11 is 0. The van der Waals surface area contributed by atoms with Gasteiger partial charge in [-0.25, -0.2) is 13.2 Å². The first kappa shape index (κ1) is 16.5. The largest absolute Gasteiger partial charge is 0.480 e. The van der Waals surface area contributed by atoms with Crippen LogP contribution in [0.1, 0.15) is 30.3 Å². The van der Waals surface area contributed by atoms with Gasteiger partial charge in [-0.3, -0.25) is 4.79 Å². The van der Waals surface area contributed by atoms with E-state index in [-0.39, 0.29) is 30.2 Å². The number of aryl methyl sites for hydroxylation is 1. The maximum Gasteiger partial charge on any atom is 0.354 e. The molecule has 1 aliphatic rings. The zero-order chi connectivity index (χ0) is 16.5. The number of hydrogen-bond donors (Lipinski definition) is 1. The first-order valence-electron chi connectivity index (χ1n) is 6.87. The van der Waals surface area contributed by atoms with Crippen LogP contribution < -0.4 is 0 Å². The van der Waals surface area contributed by atoms with Gasteiger partial charge in [-0.15, -0.1) is 0 Å². The van der Waals surface area contributed by atoms with Crippen LogP contribution in [0.2, 0.25) is 0 Å². The Kier molecular flexibility index (Phi) is 4.57. The van der Waals surface area contributed by atoms with Crippen LogP contribution in [0.15, 0.2) is 17.2 Å². The van der Waals surface area contributed by atoms with Gasteiger partial charge >= 0.3 is 11.9 Å². The molecule has 0 radical (unpaired) electrons. The first-order valence-corrected chi connectivity index (χ1v) is 8.31. The molecule has 0 aliphatic carbocycles. The highest BCUT2D eigenvalue weighted by molar-refractivity contribution is 7.89. The molecule has 1 N–H and O–H groups in total. The van der Waals surface area contributed by atoms with E-state index in [1.54, 1.807) is 6.92 Å². The molecule has 1 aromatic heterocycles. The molecule has 22 heavy (non-hydrogen) atoms. The summed E-state index contributed by atoms with van der Waals surface area (Å²) in [6.45, 7) is 1.99. The fraction of sp³-hybridized carbons (Fsp3) is 0.538. The van der Waals surface area contributed by atoms with Crippen molar-refractivity contribution in [1.82, 2.24) is 8.87 Å². The van der Waals surface area contributed by atoms with Crippen molar-refractivity contribution in [1.29, 1.82) is 0 Å². The molecule has 8 nitrogen and oxygen atoms in total. The number of carboxylic acids is 1. The maximum absolute atomic E-state index is 12.6. The fourth-order valence-electron chi connectivity index (χ4n) is 2.49. The second-order valence-corrected chi connectivity index (χ2v) is 6.89. The Morgan fingerprint density at radius 3 is 2.73 bits per heavy atom. The number of nitrogens with zero attached hydrogens (tertiary/aromatic N) is 2. The molecule has 1 aromatic rings. The fourth-order valence-corrected chi connectivity index (χ4v) is 4.22. The summed E-state index contributed by atoms with van der Waals surface area (Å²) in [5.74, 6) is -1.79. The number of aromatic nitrogens is 1. The number of carboxylic acid groups (broad SMARTS) is 1. The average molecular weight is 330 g/mol. The van der Waals surface area contributed by atoms with Crippen LogP contribution >= 0.6 is 0 Å². The second-order valence-electron chi connectivity index (χ2n) is 5.00. The summed E-state index contributed by atoms with van der Waals surface area (Å²) in [4.78, 5) is 22.8. The zero-order valence-electron chi connectivity index (χ0n) is 12.4. The van der Waals surface area contributed by atoms with E-state index in [2.05, 4.69) is 0 Å². The van der Waals surface area contributed by atoms with Gasteiger partial charge in [0.05, 0.1) is 6.61 Å². The standard InChI is InChI=1S/C13H18N2O6S/c1-3-21-13(18)11-7-9(8-14(11)2)22(19,20)15-6-4-5-10(15)12(16)17/h7-8,10H,3-6H2,1-2H3,(H,16,17). The average Bonchev–Trinajstić information content (AvgIpc) is 3.05. The summed E-state index contributed by atoms with van der Waals surface area (Å²) in [5.41, 5.74) is 0.103. The molecule has 0 amide bonds. The zero-order valence-corrected chi connectivity index (χ0v) is 13.2. The lowest BCUT2D eigenvalue weighted by Gasteiger charge is -2.19. The minimum atomic E-state index is -3.96. The van der Waals surface area contributed by atoms with E-state index in [9.17, 15) is 18.0 Å². The van der Waals surface area contributed by atoms with Crippen molar-refractivity contribution in [2.75, 3.05) is 13.2 Å². The number of esters is 1. The molecule has 1 unspecified atom stereocenters. The Bertz CT molecular complexity index is 693. The lowest BCUT2D eigenvalue weighted by atomic mass is 10.2. The van der Waals surface area contributed by atoms with Gasteiger partial charge in [0, 0.05) is 19.8 Å².